The number of benzene rings is 1. The fraction of sp³-hybridized carbons (Fsp3) is 0. The van der Waals surface area contributed by atoms with Crippen LogP contribution in [0.3, 0.4) is 0 Å². The van der Waals surface area contributed by atoms with E-state index in [0.29, 0.717) is 20.4 Å². The molecule has 0 aliphatic carbocycles. The zero-order chi connectivity index (χ0) is 10.3. The van der Waals surface area contributed by atoms with Crippen LogP contribution in [-0.4, -0.2) is 13.4 Å². The van der Waals surface area contributed by atoms with Crippen LogP contribution in [0.15, 0.2) is 27.7 Å². The monoisotopic (exact) mass is 293 g/mol. The minimum absolute atomic E-state index is 0.285. The summed E-state index contributed by atoms with van der Waals surface area (Å²) in [5, 5.41) is 1.20. The Kier molecular flexibility index (Phi) is 2.55. The Balaban J connectivity index is 2.90. The maximum atomic E-state index is 10.8. The highest BCUT2D eigenvalue weighted by Crippen LogP contribution is 2.32. The maximum absolute atomic E-state index is 10.8. The van der Waals surface area contributed by atoms with E-state index >= 15 is 0 Å². The number of rotatable bonds is 1. The van der Waals surface area contributed by atoms with Gasteiger partial charge < -0.3 is 4.98 Å². The fourth-order valence-corrected chi connectivity index (χ4v) is 2.45. The first-order valence-electron chi connectivity index (χ1n) is 3.70. The van der Waals surface area contributed by atoms with Crippen LogP contribution >= 0.6 is 27.5 Å². The second kappa shape index (κ2) is 3.56. The molecule has 0 saturated carbocycles. The molecular weight excluding hydrogens is 290 g/mol. The van der Waals surface area contributed by atoms with Crippen LogP contribution in [0.1, 0.15) is 0 Å². The number of nitrogens with one attached hydrogen (secondary N) is 1. The lowest BCUT2D eigenvalue weighted by Gasteiger charge is -1.96. The summed E-state index contributed by atoms with van der Waals surface area (Å²) in [4.78, 5) is 3.15. The molecule has 0 bridgehead atoms. The molecule has 6 heteroatoms. The molecule has 1 heterocycles. The van der Waals surface area contributed by atoms with E-state index < -0.39 is 10.7 Å². The van der Waals surface area contributed by atoms with Gasteiger partial charge in [-0.15, -0.1) is 0 Å². The van der Waals surface area contributed by atoms with Crippen LogP contribution in [0.5, 0.6) is 0 Å². The lowest BCUT2D eigenvalue weighted by molar-refractivity contribution is 0.615. The van der Waals surface area contributed by atoms with Crippen molar-refractivity contribution in [3.63, 3.8) is 0 Å². The van der Waals surface area contributed by atoms with Crippen LogP contribution in [0.2, 0.25) is 5.02 Å². The molecular formula is C8H5BrClNO2S. The molecule has 74 valence electrons. The van der Waals surface area contributed by atoms with E-state index in [0.717, 1.165) is 0 Å². The van der Waals surface area contributed by atoms with Crippen LogP contribution in [0.25, 0.3) is 10.9 Å². The van der Waals surface area contributed by atoms with E-state index in [1.807, 2.05) is 0 Å². The molecule has 3 nitrogen and oxygen atoms in total. The predicted molar refractivity (Wildman–Crippen MR) is 59.6 cm³/mol. The van der Waals surface area contributed by atoms with Crippen molar-refractivity contribution in [2.75, 3.05) is 0 Å². The van der Waals surface area contributed by atoms with Crippen molar-refractivity contribution in [2.45, 2.75) is 4.90 Å². The smallest absolute Gasteiger partial charge is 0.170 e. The first kappa shape index (κ1) is 10.0. The van der Waals surface area contributed by atoms with E-state index in [9.17, 15) is 8.42 Å². The zero-order valence-corrected chi connectivity index (χ0v) is 9.99. The third kappa shape index (κ3) is 1.45. The van der Waals surface area contributed by atoms with Crippen molar-refractivity contribution >= 4 is 49.1 Å². The van der Waals surface area contributed by atoms with Gasteiger partial charge in [-0.2, -0.15) is 0 Å². The van der Waals surface area contributed by atoms with Gasteiger partial charge in [-0.25, -0.2) is 8.42 Å². The Morgan fingerprint density at radius 2 is 2.07 bits per heavy atom. The molecule has 2 rings (SSSR count). The minimum atomic E-state index is -2.58. The van der Waals surface area contributed by atoms with Crippen molar-refractivity contribution in [3.05, 3.63) is 27.8 Å². The number of hydrogen-bond donors (Lipinski definition) is 2. The molecule has 0 aliphatic heterocycles. The maximum Gasteiger partial charge on any atom is 0.170 e. The Hall–Kier alpha value is -0.520. The fourth-order valence-electron chi connectivity index (χ4n) is 1.27. The van der Waals surface area contributed by atoms with E-state index in [1.54, 1.807) is 12.1 Å². The van der Waals surface area contributed by atoms with Crippen LogP contribution in [0.4, 0.5) is 0 Å². The normalized spacial score (nSPS) is 11.4. The number of aromatic nitrogens is 1. The van der Waals surface area contributed by atoms with E-state index in [1.165, 1.54) is 6.20 Å². The lowest BCUT2D eigenvalue weighted by Crippen LogP contribution is -1.77. The second-order valence-corrected chi connectivity index (χ2v) is 4.91. The number of aromatic amines is 1. The Morgan fingerprint density at radius 1 is 1.36 bits per heavy atom. The summed E-state index contributed by atoms with van der Waals surface area (Å²) in [6, 6.07) is 3.34. The summed E-state index contributed by atoms with van der Waals surface area (Å²) in [6.45, 7) is 0. The van der Waals surface area contributed by atoms with Crippen molar-refractivity contribution < 1.29 is 8.42 Å². The van der Waals surface area contributed by atoms with Gasteiger partial charge in [-0.1, -0.05) is 11.6 Å². The summed E-state index contributed by atoms with van der Waals surface area (Å²) >= 11 is 9.14. The van der Waals surface area contributed by atoms with Gasteiger partial charge in [-0.3, -0.25) is 0 Å². The number of H-pyrrole nitrogens is 1. The van der Waals surface area contributed by atoms with Gasteiger partial charge in [0.15, 0.2) is 10.7 Å². The largest absolute Gasteiger partial charge is 0.359 e. The molecule has 2 aromatic rings. The Labute approximate surface area is 95.2 Å². The van der Waals surface area contributed by atoms with Gasteiger partial charge in [-0.05, 0) is 28.1 Å². The number of thiol groups is 1. The molecule has 1 aromatic carbocycles. The average Bonchev–Trinajstić information content (AvgIpc) is 2.55. The Bertz CT molecular complexity index is 568. The highest BCUT2D eigenvalue weighted by atomic mass is 79.9. The van der Waals surface area contributed by atoms with Crippen molar-refractivity contribution in [3.8, 4) is 0 Å². The highest BCUT2D eigenvalue weighted by Gasteiger charge is 2.09. The van der Waals surface area contributed by atoms with Gasteiger partial charge >= 0.3 is 0 Å². The number of fused-ring (bicyclic) bond motifs is 1. The quantitative estimate of drug-likeness (QED) is 0.794. The SMILES string of the molecule is O=[SH](=O)c1c[nH]c2c(Br)c(Cl)ccc12. The molecule has 0 fully saturated rings. The standard InChI is InChI=1S/C8H5BrClNO2S/c9-7-5(10)2-1-4-6(14(12)13)3-11-8(4)7/h1-3,11,14H. The molecule has 0 atom stereocenters. The van der Waals surface area contributed by atoms with Crippen molar-refractivity contribution in [1.29, 1.82) is 0 Å². The van der Waals surface area contributed by atoms with Crippen LogP contribution < -0.4 is 0 Å². The first-order valence-corrected chi connectivity index (χ1v) is 6.05. The predicted octanol–water partition coefficient (Wildman–Crippen LogP) is 2.55. The Morgan fingerprint density at radius 3 is 2.71 bits per heavy atom. The summed E-state index contributed by atoms with van der Waals surface area (Å²) in [6.07, 6.45) is 1.46. The molecule has 0 saturated heterocycles. The van der Waals surface area contributed by atoms with E-state index in [4.69, 9.17) is 11.6 Å². The molecule has 0 unspecified atom stereocenters. The third-order valence-electron chi connectivity index (χ3n) is 1.92. The topological polar surface area (TPSA) is 49.9 Å². The van der Waals surface area contributed by atoms with Gasteiger partial charge in [0.25, 0.3) is 0 Å². The van der Waals surface area contributed by atoms with Crippen LogP contribution in [0, 0.1) is 0 Å². The minimum Gasteiger partial charge on any atom is -0.359 e. The van der Waals surface area contributed by atoms with Gasteiger partial charge in [0.05, 0.1) is 19.9 Å². The van der Waals surface area contributed by atoms with E-state index in [-0.39, 0.29) is 4.90 Å². The molecule has 1 N–H and O–H groups in total. The molecule has 1 aromatic heterocycles. The summed E-state index contributed by atoms with van der Waals surface area (Å²) in [5.41, 5.74) is 0.701. The van der Waals surface area contributed by atoms with Crippen LogP contribution in [-0.2, 0) is 10.7 Å². The molecule has 0 spiro atoms. The lowest BCUT2D eigenvalue weighted by atomic mass is 10.2. The molecule has 14 heavy (non-hydrogen) atoms. The highest BCUT2D eigenvalue weighted by molar-refractivity contribution is 9.10. The molecule has 0 aliphatic rings. The molecule has 0 amide bonds. The van der Waals surface area contributed by atoms with Gasteiger partial charge in [0.1, 0.15) is 0 Å². The van der Waals surface area contributed by atoms with Crippen molar-refractivity contribution in [1.82, 2.24) is 4.98 Å². The van der Waals surface area contributed by atoms with Gasteiger partial charge in [0, 0.05) is 11.6 Å². The number of halogens is 2. The van der Waals surface area contributed by atoms with E-state index in [2.05, 4.69) is 20.9 Å². The summed E-state index contributed by atoms with van der Waals surface area (Å²) in [7, 11) is -2.58. The average molecular weight is 295 g/mol. The summed E-state index contributed by atoms with van der Waals surface area (Å²) < 4.78 is 22.4. The molecule has 0 radical (unpaired) electrons. The van der Waals surface area contributed by atoms with Gasteiger partial charge in [0.2, 0.25) is 0 Å². The first-order chi connectivity index (χ1) is 6.61. The second-order valence-electron chi connectivity index (χ2n) is 2.71. The van der Waals surface area contributed by atoms with Crippen molar-refractivity contribution in [2.24, 2.45) is 0 Å². The summed E-state index contributed by atoms with van der Waals surface area (Å²) in [5.74, 6) is 0. The number of hydrogen-bond acceptors (Lipinski definition) is 2. The zero-order valence-electron chi connectivity index (χ0n) is 6.75. The third-order valence-corrected chi connectivity index (χ3v) is 4.05.